The standard InChI is InChI=1S/C21H35BO3/c1-6-7-14-19(22-24-20(2,3)21(4,5)25-22)15-11-16-23-17-18-12-9-8-10-13-18/h8-10,12-13,19H,6-7,11,14-17H2,1-5H3. The number of ether oxygens (including phenoxy) is 1. The molecule has 0 aliphatic carbocycles. The highest BCUT2D eigenvalue weighted by Gasteiger charge is 2.53. The van der Waals surface area contributed by atoms with Gasteiger partial charge >= 0.3 is 7.12 Å². The molecule has 2 rings (SSSR count). The lowest BCUT2D eigenvalue weighted by Gasteiger charge is -2.32. The average Bonchev–Trinajstić information content (AvgIpc) is 2.79. The maximum Gasteiger partial charge on any atom is 0.461 e. The van der Waals surface area contributed by atoms with Gasteiger partial charge in [0.05, 0.1) is 17.8 Å². The smallest absolute Gasteiger partial charge is 0.403 e. The van der Waals surface area contributed by atoms with Gasteiger partial charge in [0.1, 0.15) is 0 Å². The van der Waals surface area contributed by atoms with Crippen molar-refractivity contribution >= 4 is 7.12 Å². The van der Waals surface area contributed by atoms with E-state index in [1.165, 1.54) is 18.4 Å². The van der Waals surface area contributed by atoms with E-state index in [9.17, 15) is 0 Å². The summed E-state index contributed by atoms with van der Waals surface area (Å²) in [5.41, 5.74) is 0.744. The van der Waals surface area contributed by atoms with Crippen LogP contribution in [0.1, 0.15) is 72.3 Å². The van der Waals surface area contributed by atoms with Gasteiger partial charge in [0.15, 0.2) is 0 Å². The van der Waals surface area contributed by atoms with E-state index in [1.54, 1.807) is 0 Å². The van der Waals surface area contributed by atoms with E-state index in [0.29, 0.717) is 12.4 Å². The van der Waals surface area contributed by atoms with Crippen LogP contribution in [0.2, 0.25) is 5.82 Å². The Morgan fingerprint density at radius 3 is 2.16 bits per heavy atom. The topological polar surface area (TPSA) is 27.7 Å². The highest BCUT2D eigenvalue weighted by atomic mass is 16.7. The maximum atomic E-state index is 6.29. The third-order valence-corrected chi connectivity index (χ3v) is 5.56. The van der Waals surface area contributed by atoms with Gasteiger partial charge in [-0.15, -0.1) is 0 Å². The molecule has 25 heavy (non-hydrogen) atoms. The fraction of sp³-hybridized carbons (Fsp3) is 0.714. The second-order valence-corrected chi connectivity index (χ2v) is 8.21. The van der Waals surface area contributed by atoms with Crippen molar-refractivity contribution in [2.24, 2.45) is 0 Å². The molecular formula is C21H35BO3. The third kappa shape index (κ3) is 5.84. The first-order valence-corrected chi connectivity index (χ1v) is 9.83. The molecule has 1 aromatic carbocycles. The molecule has 0 N–H and O–H groups in total. The summed E-state index contributed by atoms with van der Waals surface area (Å²) in [6, 6.07) is 10.4. The number of hydrogen-bond acceptors (Lipinski definition) is 3. The molecule has 0 spiro atoms. The van der Waals surface area contributed by atoms with E-state index in [-0.39, 0.29) is 18.3 Å². The molecule has 0 radical (unpaired) electrons. The van der Waals surface area contributed by atoms with Crippen molar-refractivity contribution in [3.8, 4) is 0 Å². The van der Waals surface area contributed by atoms with Crippen LogP contribution >= 0.6 is 0 Å². The Balaban J connectivity index is 1.78. The lowest BCUT2D eigenvalue weighted by molar-refractivity contribution is 0.00578. The van der Waals surface area contributed by atoms with E-state index in [0.717, 1.165) is 25.9 Å². The van der Waals surface area contributed by atoms with E-state index >= 15 is 0 Å². The summed E-state index contributed by atoms with van der Waals surface area (Å²) in [4.78, 5) is 0. The zero-order valence-electron chi connectivity index (χ0n) is 16.7. The summed E-state index contributed by atoms with van der Waals surface area (Å²) >= 11 is 0. The highest BCUT2D eigenvalue weighted by molar-refractivity contribution is 6.47. The van der Waals surface area contributed by atoms with Crippen molar-refractivity contribution in [2.45, 2.75) is 90.3 Å². The molecule has 1 aromatic rings. The molecule has 3 nitrogen and oxygen atoms in total. The van der Waals surface area contributed by atoms with Gasteiger partial charge in [0.25, 0.3) is 0 Å². The zero-order valence-corrected chi connectivity index (χ0v) is 16.7. The van der Waals surface area contributed by atoms with Crippen LogP contribution in [0.15, 0.2) is 30.3 Å². The van der Waals surface area contributed by atoms with Crippen LogP contribution in [0.3, 0.4) is 0 Å². The maximum absolute atomic E-state index is 6.29. The van der Waals surface area contributed by atoms with Crippen LogP contribution in [0.25, 0.3) is 0 Å². The Morgan fingerprint density at radius 2 is 1.56 bits per heavy atom. The molecule has 1 saturated heterocycles. The number of unbranched alkanes of at least 4 members (excludes halogenated alkanes) is 1. The second kappa shape index (κ2) is 9.20. The summed E-state index contributed by atoms with van der Waals surface area (Å²) in [6.07, 6.45) is 5.73. The van der Waals surface area contributed by atoms with E-state index in [1.807, 2.05) is 6.07 Å². The first kappa shape index (κ1) is 20.5. The molecule has 1 aliphatic heterocycles. The summed E-state index contributed by atoms with van der Waals surface area (Å²) in [5, 5.41) is 0. The minimum atomic E-state index is -0.244. The van der Waals surface area contributed by atoms with Gasteiger partial charge in [0.2, 0.25) is 0 Å². The van der Waals surface area contributed by atoms with E-state index < -0.39 is 0 Å². The molecule has 4 heteroatoms. The summed E-state index contributed by atoms with van der Waals surface area (Å²) < 4.78 is 18.4. The van der Waals surface area contributed by atoms with Crippen molar-refractivity contribution in [1.82, 2.24) is 0 Å². The molecule has 1 unspecified atom stereocenters. The van der Waals surface area contributed by atoms with Gasteiger partial charge in [-0.2, -0.15) is 0 Å². The number of benzene rings is 1. The first-order valence-electron chi connectivity index (χ1n) is 9.83. The van der Waals surface area contributed by atoms with Gasteiger partial charge in [-0.1, -0.05) is 56.5 Å². The largest absolute Gasteiger partial charge is 0.461 e. The first-order chi connectivity index (χ1) is 11.9. The minimum Gasteiger partial charge on any atom is -0.403 e. The van der Waals surface area contributed by atoms with Crippen LogP contribution in [0.5, 0.6) is 0 Å². The Bertz CT molecular complexity index is 485. The highest BCUT2D eigenvalue weighted by Crippen LogP contribution is 2.42. The lowest BCUT2D eigenvalue weighted by Crippen LogP contribution is -2.41. The third-order valence-electron chi connectivity index (χ3n) is 5.56. The quantitative estimate of drug-likeness (QED) is 0.405. The molecule has 1 heterocycles. The van der Waals surface area contributed by atoms with Crippen molar-refractivity contribution in [1.29, 1.82) is 0 Å². The van der Waals surface area contributed by atoms with Crippen molar-refractivity contribution in [2.75, 3.05) is 6.61 Å². The monoisotopic (exact) mass is 346 g/mol. The summed E-state index contributed by atoms with van der Waals surface area (Å²) in [5.74, 6) is 0.446. The summed E-state index contributed by atoms with van der Waals surface area (Å²) in [7, 11) is -0.0920. The molecule has 1 atom stereocenters. The van der Waals surface area contributed by atoms with Crippen molar-refractivity contribution in [3.05, 3.63) is 35.9 Å². The Morgan fingerprint density at radius 1 is 0.960 bits per heavy atom. The number of rotatable bonds is 10. The predicted octanol–water partition coefficient (Wildman–Crippen LogP) is 5.64. The minimum absolute atomic E-state index is 0.0920. The fourth-order valence-corrected chi connectivity index (χ4v) is 3.18. The van der Waals surface area contributed by atoms with Gasteiger partial charge < -0.3 is 14.0 Å². The Kier molecular flexibility index (Phi) is 7.54. The van der Waals surface area contributed by atoms with Crippen LogP contribution in [0.4, 0.5) is 0 Å². The Labute approximate surface area is 154 Å². The molecular weight excluding hydrogens is 311 g/mol. The van der Waals surface area contributed by atoms with Gasteiger partial charge in [-0.05, 0) is 51.9 Å². The molecule has 0 bridgehead atoms. The van der Waals surface area contributed by atoms with Crippen LogP contribution in [0, 0.1) is 0 Å². The van der Waals surface area contributed by atoms with Crippen molar-refractivity contribution < 1.29 is 14.0 Å². The SMILES string of the molecule is CCCCC(CCCOCc1ccccc1)B1OC(C)(C)C(C)(C)O1. The van der Waals surface area contributed by atoms with E-state index in [4.69, 9.17) is 14.0 Å². The predicted molar refractivity (Wildman–Crippen MR) is 105 cm³/mol. The lowest BCUT2D eigenvalue weighted by atomic mass is 9.67. The Hall–Kier alpha value is -0.835. The van der Waals surface area contributed by atoms with Crippen LogP contribution < -0.4 is 0 Å². The zero-order chi connectivity index (χ0) is 18.3. The van der Waals surface area contributed by atoms with E-state index in [2.05, 4.69) is 58.9 Å². The molecule has 1 aliphatic rings. The van der Waals surface area contributed by atoms with Gasteiger partial charge in [0, 0.05) is 6.61 Å². The van der Waals surface area contributed by atoms with Crippen LogP contribution in [-0.2, 0) is 20.7 Å². The normalized spacial score (nSPS) is 20.0. The fourth-order valence-electron chi connectivity index (χ4n) is 3.18. The van der Waals surface area contributed by atoms with Gasteiger partial charge in [-0.25, -0.2) is 0 Å². The molecule has 140 valence electrons. The molecule has 0 aromatic heterocycles. The number of hydrogen-bond donors (Lipinski definition) is 0. The van der Waals surface area contributed by atoms with Crippen molar-refractivity contribution in [3.63, 3.8) is 0 Å². The average molecular weight is 346 g/mol. The summed E-state index contributed by atoms with van der Waals surface area (Å²) in [6.45, 7) is 12.2. The molecule has 1 fully saturated rings. The van der Waals surface area contributed by atoms with Gasteiger partial charge in [-0.3, -0.25) is 0 Å². The molecule has 0 saturated carbocycles. The second-order valence-electron chi connectivity index (χ2n) is 8.21. The van der Waals surface area contributed by atoms with Crippen LogP contribution in [-0.4, -0.2) is 24.9 Å². The molecule has 0 amide bonds.